The van der Waals surface area contributed by atoms with Crippen LogP contribution < -0.4 is 16.0 Å². The molecule has 0 atom stereocenters. The van der Waals surface area contributed by atoms with Gasteiger partial charge in [-0.1, -0.05) is 28.4 Å². The van der Waals surface area contributed by atoms with Crippen LogP contribution in [0, 0.1) is 6.92 Å². The van der Waals surface area contributed by atoms with E-state index in [2.05, 4.69) is 26.1 Å². The van der Waals surface area contributed by atoms with Crippen molar-refractivity contribution >= 4 is 40.9 Å². The number of aromatic nitrogens is 2. The minimum atomic E-state index is -0.375. The van der Waals surface area contributed by atoms with Gasteiger partial charge in [-0.05, 0) is 13.0 Å². The Morgan fingerprint density at radius 3 is 2.81 bits per heavy atom. The third kappa shape index (κ3) is 4.80. The van der Waals surface area contributed by atoms with Crippen molar-refractivity contribution in [1.29, 1.82) is 0 Å². The Bertz CT molecular complexity index is 632. The van der Waals surface area contributed by atoms with E-state index in [9.17, 15) is 4.79 Å². The Hall–Kier alpha value is -1.99. The highest BCUT2D eigenvalue weighted by atomic mass is 35.5. The fourth-order valence-corrected chi connectivity index (χ4v) is 1.93. The Morgan fingerprint density at radius 2 is 2.14 bits per heavy atom. The van der Waals surface area contributed by atoms with Gasteiger partial charge in [-0.2, -0.15) is 0 Å². The van der Waals surface area contributed by atoms with E-state index in [1.165, 1.54) is 6.20 Å². The molecule has 2 heterocycles. The quantitative estimate of drug-likeness (QED) is 0.733. The maximum Gasteiger partial charge on any atom is 0.320 e. The summed E-state index contributed by atoms with van der Waals surface area (Å²) in [4.78, 5) is 15.6. The van der Waals surface area contributed by atoms with E-state index in [0.717, 1.165) is 0 Å². The molecule has 21 heavy (non-hydrogen) atoms. The van der Waals surface area contributed by atoms with Crippen molar-refractivity contribution in [2.45, 2.75) is 6.92 Å². The zero-order chi connectivity index (χ0) is 15.2. The molecule has 2 amide bonds. The highest BCUT2D eigenvalue weighted by Gasteiger charge is 2.05. The van der Waals surface area contributed by atoms with Crippen LogP contribution in [0.5, 0.6) is 0 Å². The van der Waals surface area contributed by atoms with Crippen LogP contribution in [-0.4, -0.2) is 29.3 Å². The molecular weight excluding hydrogens is 317 g/mol. The second-order valence-corrected chi connectivity index (χ2v) is 4.96. The number of aryl methyl sites for hydroxylation is 1. The van der Waals surface area contributed by atoms with E-state index in [-0.39, 0.29) is 6.03 Å². The lowest BCUT2D eigenvalue weighted by Crippen LogP contribution is -2.32. The fraction of sp³-hybridized carbons (Fsp3) is 0.250. The van der Waals surface area contributed by atoms with Crippen LogP contribution >= 0.6 is 23.2 Å². The smallest absolute Gasteiger partial charge is 0.320 e. The predicted molar refractivity (Wildman–Crippen MR) is 81.0 cm³/mol. The molecule has 112 valence electrons. The summed E-state index contributed by atoms with van der Waals surface area (Å²) in [6, 6.07) is 2.83. The largest absolute Gasteiger partial charge is 0.367 e. The standard InChI is InChI=1S/C12H13Cl2N5O2/c1-7-4-10(19-21-7)18-12(20)16-3-2-15-11-9(14)5-8(13)6-17-11/h4-6H,2-3H2,1H3,(H,15,17)(H2,16,18,19,20). The Kier molecular flexibility index (Phi) is 5.24. The summed E-state index contributed by atoms with van der Waals surface area (Å²) < 4.78 is 4.83. The number of anilines is 2. The van der Waals surface area contributed by atoms with Crippen LogP contribution in [0.25, 0.3) is 0 Å². The second-order valence-electron chi connectivity index (χ2n) is 4.11. The van der Waals surface area contributed by atoms with Crippen molar-refractivity contribution in [3.8, 4) is 0 Å². The summed E-state index contributed by atoms with van der Waals surface area (Å²) in [5.41, 5.74) is 0. The highest BCUT2D eigenvalue weighted by Crippen LogP contribution is 2.21. The van der Waals surface area contributed by atoms with E-state index in [1.807, 2.05) is 0 Å². The lowest BCUT2D eigenvalue weighted by atomic mass is 10.4. The zero-order valence-corrected chi connectivity index (χ0v) is 12.6. The maximum atomic E-state index is 11.6. The van der Waals surface area contributed by atoms with Crippen LogP contribution in [-0.2, 0) is 0 Å². The molecule has 7 nitrogen and oxygen atoms in total. The molecule has 0 bridgehead atoms. The first kappa shape index (κ1) is 15.4. The molecule has 2 aromatic heterocycles. The Labute approximate surface area is 131 Å². The molecule has 0 aromatic carbocycles. The molecule has 0 radical (unpaired) electrons. The van der Waals surface area contributed by atoms with Gasteiger partial charge in [0.15, 0.2) is 5.82 Å². The number of nitrogens with one attached hydrogen (secondary N) is 3. The third-order valence-corrected chi connectivity index (χ3v) is 2.88. The Morgan fingerprint density at radius 1 is 1.33 bits per heavy atom. The van der Waals surface area contributed by atoms with Crippen molar-refractivity contribution in [2.75, 3.05) is 23.7 Å². The predicted octanol–water partition coefficient (Wildman–Crippen LogP) is 2.92. The average molecular weight is 330 g/mol. The average Bonchev–Trinajstić information content (AvgIpc) is 2.82. The van der Waals surface area contributed by atoms with Crippen molar-refractivity contribution in [3.63, 3.8) is 0 Å². The summed E-state index contributed by atoms with van der Waals surface area (Å²) in [6.07, 6.45) is 1.49. The number of hydrogen-bond donors (Lipinski definition) is 3. The van der Waals surface area contributed by atoms with Gasteiger partial charge in [-0.15, -0.1) is 0 Å². The molecule has 0 saturated carbocycles. The number of halogens is 2. The monoisotopic (exact) mass is 329 g/mol. The molecule has 0 fully saturated rings. The fourth-order valence-electron chi connectivity index (χ4n) is 1.49. The molecule has 3 N–H and O–H groups in total. The first-order chi connectivity index (χ1) is 10.0. The number of nitrogens with zero attached hydrogens (tertiary/aromatic N) is 2. The first-order valence-electron chi connectivity index (χ1n) is 6.07. The Balaban J connectivity index is 1.70. The van der Waals surface area contributed by atoms with E-state index in [4.69, 9.17) is 27.7 Å². The van der Waals surface area contributed by atoms with Crippen molar-refractivity contribution in [3.05, 3.63) is 34.1 Å². The van der Waals surface area contributed by atoms with Gasteiger partial charge in [0.25, 0.3) is 0 Å². The van der Waals surface area contributed by atoms with Gasteiger partial charge in [0.2, 0.25) is 0 Å². The third-order valence-electron chi connectivity index (χ3n) is 2.38. The van der Waals surface area contributed by atoms with E-state index >= 15 is 0 Å². The molecule has 9 heteroatoms. The topological polar surface area (TPSA) is 92.1 Å². The first-order valence-corrected chi connectivity index (χ1v) is 6.83. The summed E-state index contributed by atoms with van der Waals surface area (Å²) in [7, 11) is 0. The highest BCUT2D eigenvalue weighted by molar-refractivity contribution is 6.35. The lowest BCUT2D eigenvalue weighted by Gasteiger charge is -2.08. The van der Waals surface area contributed by atoms with Crippen molar-refractivity contribution in [1.82, 2.24) is 15.5 Å². The number of carbonyl (C=O) groups is 1. The van der Waals surface area contributed by atoms with Gasteiger partial charge in [-0.3, -0.25) is 5.32 Å². The van der Waals surface area contributed by atoms with Gasteiger partial charge in [0.05, 0.1) is 10.0 Å². The molecule has 0 aliphatic carbocycles. The van der Waals surface area contributed by atoms with Gasteiger partial charge in [-0.25, -0.2) is 9.78 Å². The molecule has 0 unspecified atom stereocenters. The van der Waals surface area contributed by atoms with E-state index < -0.39 is 0 Å². The lowest BCUT2D eigenvalue weighted by molar-refractivity contribution is 0.252. The number of hydrogen-bond acceptors (Lipinski definition) is 5. The van der Waals surface area contributed by atoms with E-state index in [0.29, 0.717) is 40.5 Å². The van der Waals surface area contributed by atoms with Crippen LogP contribution in [0.3, 0.4) is 0 Å². The van der Waals surface area contributed by atoms with Gasteiger partial charge < -0.3 is 15.2 Å². The number of urea groups is 1. The molecule has 0 aliphatic rings. The number of carbonyl (C=O) groups excluding carboxylic acids is 1. The van der Waals surface area contributed by atoms with Crippen LogP contribution in [0.4, 0.5) is 16.4 Å². The maximum absolute atomic E-state index is 11.6. The molecule has 2 rings (SSSR count). The van der Waals surface area contributed by atoms with Crippen LogP contribution in [0.1, 0.15) is 5.76 Å². The summed E-state index contributed by atoms with van der Waals surface area (Å²) in [5, 5.41) is 12.7. The summed E-state index contributed by atoms with van der Waals surface area (Å²) in [6.45, 7) is 2.58. The molecule has 2 aromatic rings. The van der Waals surface area contributed by atoms with Gasteiger partial charge in [0.1, 0.15) is 11.6 Å². The molecule has 0 spiro atoms. The van der Waals surface area contributed by atoms with E-state index in [1.54, 1.807) is 19.1 Å². The number of rotatable bonds is 5. The summed E-state index contributed by atoms with van der Waals surface area (Å²) in [5.74, 6) is 1.49. The molecule has 0 aliphatic heterocycles. The number of pyridine rings is 1. The minimum absolute atomic E-state index is 0.361. The minimum Gasteiger partial charge on any atom is -0.367 e. The zero-order valence-electron chi connectivity index (χ0n) is 11.1. The van der Waals surface area contributed by atoms with Crippen molar-refractivity contribution < 1.29 is 9.32 Å². The van der Waals surface area contributed by atoms with Crippen molar-refractivity contribution in [2.24, 2.45) is 0 Å². The SMILES string of the molecule is Cc1cc(NC(=O)NCCNc2ncc(Cl)cc2Cl)no1. The van der Waals surface area contributed by atoms with Crippen LogP contribution in [0.2, 0.25) is 10.0 Å². The van der Waals surface area contributed by atoms with Gasteiger partial charge >= 0.3 is 6.03 Å². The molecule has 0 saturated heterocycles. The number of amides is 2. The normalized spacial score (nSPS) is 10.2. The molecular formula is C12H13Cl2N5O2. The van der Waals surface area contributed by atoms with Gasteiger partial charge in [0, 0.05) is 25.4 Å². The summed E-state index contributed by atoms with van der Waals surface area (Å²) >= 11 is 11.7. The van der Waals surface area contributed by atoms with Crippen LogP contribution in [0.15, 0.2) is 22.9 Å². The second kappa shape index (κ2) is 7.14.